The zero-order chi connectivity index (χ0) is 16.3. The molecule has 0 radical (unpaired) electrons. The highest BCUT2D eigenvalue weighted by Gasteiger charge is 2.31. The molecule has 0 fully saturated rings. The fourth-order valence-electron chi connectivity index (χ4n) is 1.64. The molecule has 22 heavy (non-hydrogen) atoms. The fraction of sp³-hybridized carbons (Fsp3) is 0.133. The van der Waals surface area contributed by atoms with Gasteiger partial charge in [-0.25, -0.2) is 0 Å². The maximum atomic E-state index is 12.2. The van der Waals surface area contributed by atoms with Gasteiger partial charge in [-0.15, -0.1) is 13.2 Å². The van der Waals surface area contributed by atoms with Crippen molar-refractivity contribution in [1.29, 1.82) is 0 Å². The topological polar surface area (TPSA) is 41.8 Å². The Morgan fingerprint density at radius 1 is 1.18 bits per heavy atom. The first-order valence-electron chi connectivity index (χ1n) is 6.13. The van der Waals surface area contributed by atoms with E-state index < -0.39 is 12.1 Å². The number of nitrogens with zero attached hydrogens (tertiary/aromatic N) is 1. The predicted octanol–water partition coefficient (Wildman–Crippen LogP) is 5.00. The van der Waals surface area contributed by atoms with Crippen LogP contribution in [-0.2, 0) is 0 Å². The van der Waals surface area contributed by atoms with Crippen molar-refractivity contribution in [2.24, 2.45) is 4.99 Å². The molecule has 0 atom stereocenters. The number of aliphatic imine (C=N–C) groups is 1. The summed E-state index contributed by atoms with van der Waals surface area (Å²) in [5, 5.41) is 10.2. The van der Waals surface area contributed by atoms with Crippen molar-refractivity contribution in [3.8, 4) is 11.5 Å². The van der Waals surface area contributed by atoms with Crippen LogP contribution in [0, 0.1) is 6.92 Å². The fourth-order valence-corrected chi connectivity index (χ4v) is 1.81. The number of aromatic hydroxyl groups is 1. The molecular weight excluding hydrogens is 319 g/mol. The third kappa shape index (κ3) is 4.39. The molecule has 0 amide bonds. The van der Waals surface area contributed by atoms with E-state index in [9.17, 15) is 18.3 Å². The molecule has 0 unspecified atom stereocenters. The van der Waals surface area contributed by atoms with Gasteiger partial charge in [0.25, 0.3) is 0 Å². The lowest BCUT2D eigenvalue weighted by molar-refractivity contribution is -0.274. The Balaban J connectivity index is 2.26. The van der Waals surface area contributed by atoms with Gasteiger partial charge in [-0.1, -0.05) is 17.7 Å². The molecule has 1 N–H and O–H groups in total. The Morgan fingerprint density at radius 3 is 2.55 bits per heavy atom. The standard InChI is InChI=1S/C15H11ClF3NO2/c1-9-2-3-11(7-13(9)16)20-8-10-6-12(4-5-14(10)21)22-15(17,18)19/h2-8,21H,1H3. The molecule has 0 aliphatic rings. The van der Waals surface area contributed by atoms with Crippen molar-refractivity contribution in [2.75, 3.05) is 0 Å². The number of aryl methyl sites for hydroxylation is 1. The summed E-state index contributed by atoms with van der Waals surface area (Å²) in [5.41, 5.74) is 1.49. The number of hydrogen-bond donors (Lipinski definition) is 1. The molecule has 0 bridgehead atoms. The number of halogens is 4. The molecule has 0 aliphatic heterocycles. The molecule has 2 aromatic rings. The highest BCUT2D eigenvalue weighted by molar-refractivity contribution is 6.31. The summed E-state index contributed by atoms with van der Waals surface area (Å²) in [7, 11) is 0. The monoisotopic (exact) mass is 329 g/mol. The highest BCUT2D eigenvalue weighted by atomic mass is 35.5. The number of phenolic OH excluding ortho intramolecular Hbond substituents is 1. The Hall–Kier alpha value is -2.21. The molecule has 7 heteroatoms. The third-order valence-corrected chi connectivity index (χ3v) is 3.15. The number of ether oxygens (including phenoxy) is 1. The first-order valence-corrected chi connectivity index (χ1v) is 6.51. The van der Waals surface area contributed by atoms with Gasteiger partial charge in [0.1, 0.15) is 11.5 Å². The van der Waals surface area contributed by atoms with Crippen molar-refractivity contribution in [1.82, 2.24) is 0 Å². The lowest BCUT2D eigenvalue weighted by atomic mass is 10.2. The molecule has 0 aromatic heterocycles. The van der Waals surface area contributed by atoms with Crippen molar-refractivity contribution in [3.63, 3.8) is 0 Å². The van der Waals surface area contributed by atoms with E-state index >= 15 is 0 Å². The predicted molar refractivity (Wildman–Crippen MR) is 78.2 cm³/mol. The third-order valence-electron chi connectivity index (χ3n) is 2.74. The Bertz CT molecular complexity index is 714. The second kappa shape index (κ2) is 6.27. The molecule has 0 spiro atoms. The van der Waals surface area contributed by atoms with Crippen LogP contribution in [0.15, 0.2) is 41.4 Å². The minimum Gasteiger partial charge on any atom is -0.507 e. The Morgan fingerprint density at radius 2 is 1.91 bits per heavy atom. The SMILES string of the molecule is Cc1ccc(N=Cc2cc(OC(F)(F)F)ccc2O)cc1Cl. The smallest absolute Gasteiger partial charge is 0.507 e. The van der Waals surface area contributed by atoms with E-state index in [1.807, 2.05) is 6.92 Å². The average Bonchev–Trinajstić information content (AvgIpc) is 2.41. The van der Waals surface area contributed by atoms with E-state index in [0.29, 0.717) is 10.7 Å². The second-order valence-corrected chi connectivity index (χ2v) is 4.87. The van der Waals surface area contributed by atoms with Crippen LogP contribution in [0.5, 0.6) is 11.5 Å². The Labute approximate surface area is 129 Å². The first-order chi connectivity index (χ1) is 10.2. The normalized spacial score (nSPS) is 11.9. The van der Waals surface area contributed by atoms with Crippen LogP contribution >= 0.6 is 11.6 Å². The van der Waals surface area contributed by atoms with Gasteiger partial charge in [0, 0.05) is 16.8 Å². The van der Waals surface area contributed by atoms with Crippen LogP contribution < -0.4 is 4.74 Å². The van der Waals surface area contributed by atoms with E-state index in [1.165, 1.54) is 6.21 Å². The second-order valence-electron chi connectivity index (χ2n) is 4.46. The zero-order valence-corrected chi connectivity index (χ0v) is 12.1. The van der Waals surface area contributed by atoms with Gasteiger partial charge < -0.3 is 9.84 Å². The van der Waals surface area contributed by atoms with Crippen molar-refractivity contribution in [3.05, 3.63) is 52.5 Å². The number of benzene rings is 2. The molecule has 2 rings (SSSR count). The summed E-state index contributed by atoms with van der Waals surface area (Å²) in [6, 6.07) is 8.24. The molecule has 2 aromatic carbocycles. The van der Waals surface area contributed by atoms with Crippen LogP contribution in [0.2, 0.25) is 5.02 Å². The maximum absolute atomic E-state index is 12.2. The van der Waals surface area contributed by atoms with Gasteiger partial charge in [-0.2, -0.15) is 0 Å². The van der Waals surface area contributed by atoms with E-state index in [1.54, 1.807) is 18.2 Å². The molecule has 3 nitrogen and oxygen atoms in total. The van der Waals surface area contributed by atoms with Gasteiger partial charge in [0.05, 0.1) is 5.69 Å². The van der Waals surface area contributed by atoms with Crippen molar-refractivity contribution in [2.45, 2.75) is 13.3 Å². The number of hydrogen-bond acceptors (Lipinski definition) is 3. The summed E-state index contributed by atoms with van der Waals surface area (Å²) < 4.78 is 40.3. The zero-order valence-electron chi connectivity index (χ0n) is 11.4. The summed E-state index contributed by atoms with van der Waals surface area (Å²) in [5.74, 6) is -0.648. The summed E-state index contributed by atoms with van der Waals surface area (Å²) in [6.45, 7) is 1.83. The minimum atomic E-state index is -4.80. The molecule has 0 saturated carbocycles. The van der Waals surface area contributed by atoms with Crippen LogP contribution in [-0.4, -0.2) is 17.7 Å². The van der Waals surface area contributed by atoms with E-state index in [-0.39, 0.29) is 11.3 Å². The van der Waals surface area contributed by atoms with Gasteiger partial charge in [0.15, 0.2) is 0 Å². The van der Waals surface area contributed by atoms with Gasteiger partial charge in [0.2, 0.25) is 0 Å². The average molecular weight is 330 g/mol. The summed E-state index contributed by atoms with van der Waals surface area (Å²) in [4.78, 5) is 4.07. The summed E-state index contributed by atoms with van der Waals surface area (Å²) in [6.07, 6.45) is -3.56. The van der Waals surface area contributed by atoms with Crippen LogP contribution in [0.1, 0.15) is 11.1 Å². The maximum Gasteiger partial charge on any atom is 0.573 e. The van der Waals surface area contributed by atoms with E-state index in [0.717, 1.165) is 23.8 Å². The van der Waals surface area contributed by atoms with Crippen molar-refractivity contribution >= 4 is 23.5 Å². The lowest BCUT2D eigenvalue weighted by Crippen LogP contribution is -2.17. The van der Waals surface area contributed by atoms with Crippen LogP contribution in [0.4, 0.5) is 18.9 Å². The van der Waals surface area contributed by atoms with Crippen LogP contribution in [0.3, 0.4) is 0 Å². The number of alkyl halides is 3. The Kier molecular flexibility index (Phi) is 4.61. The molecule has 0 saturated heterocycles. The quantitative estimate of drug-likeness (QED) is 0.805. The van der Waals surface area contributed by atoms with E-state index in [4.69, 9.17) is 11.6 Å². The largest absolute Gasteiger partial charge is 0.573 e. The van der Waals surface area contributed by atoms with Gasteiger partial charge >= 0.3 is 6.36 Å². The first kappa shape index (κ1) is 16.2. The highest BCUT2D eigenvalue weighted by Crippen LogP contribution is 2.28. The molecule has 0 aliphatic carbocycles. The summed E-state index contributed by atoms with van der Waals surface area (Å²) >= 11 is 5.96. The molecular formula is C15H11ClF3NO2. The molecule has 116 valence electrons. The van der Waals surface area contributed by atoms with Gasteiger partial charge in [-0.3, -0.25) is 4.99 Å². The number of phenols is 1. The number of rotatable bonds is 3. The van der Waals surface area contributed by atoms with Gasteiger partial charge in [-0.05, 0) is 42.8 Å². The van der Waals surface area contributed by atoms with Crippen LogP contribution in [0.25, 0.3) is 0 Å². The van der Waals surface area contributed by atoms with E-state index in [2.05, 4.69) is 9.73 Å². The molecule has 0 heterocycles. The minimum absolute atomic E-state index is 0.0958. The van der Waals surface area contributed by atoms with Crippen molar-refractivity contribution < 1.29 is 23.0 Å². The lowest BCUT2D eigenvalue weighted by Gasteiger charge is -2.09.